The molecule has 0 saturated carbocycles. The van der Waals surface area contributed by atoms with Crippen LogP contribution < -0.4 is 16.2 Å². The van der Waals surface area contributed by atoms with Crippen molar-refractivity contribution in [2.45, 2.75) is 11.3 Å². The fourth-order valence-electron chi connectivity index (χ4n) is 1.11. The predicted octanol–water partition coefficient (Wildman–Crippen LogP) is 0.593. The van der Waals surface area contributed by atoms with Crippen LogP contribution in [0.1, 0.15) is 0 Å². The van der Waals surface area contributed by atoms with E-state index in [9.17, 15) is 17.2 Å². The number of nitrogens with one attached hydrogen (secondary N) is 1. The van der Waals surface area contributed by atoms with E-state index in [-0.39, 0.29) is 10.6 Å². The van der Waals surface area contributed by atoms with E-state index in [4.69, 9.17) is 10.9 Å². The molecular weight excluding hydrogens is 240 g/mol. The molecule has 0 unspecified atom stereocenters. The second-order valence-corrected chi connectivity index (χ2v) is 4.60. The Balaban J connectivity index is 2.92. The van der Waals surface area contributed by atoms with Crippen LogP contribution in [0.2, 0.25) is 0 Å². The first kappa shape index (κ1) is 12.7. The molecular formula is C8H11F2N3O2S. The van der Waals surface area contributed by atoms with Gasteiger partial charge in [0.2, 0.25) is 10.0 Å². The molecule has 0 aromatic heterocycles. The largest absolute Gasteiger partial charge is 0.398 e. The average Bonchev–Trinajstić information content (AvgIpc) is 2.12. The van der Waals surface area contributed by atoms with E-state index in [2.05, 4.69) is 5.32 Å². The molecule has 0 spiro atoms. The van der Waals surface area contributed by atoms with Gasteiger partial charge in [0.25, 0.3) is 6.43 Å². The molecule has 0 radical (unpaired) electrons. The first-order chi connectivity index (χ1) is 7.30. The minimum atomic E-state index is -3.88. The number of anilines is 2. The van der Waals surface area contributed by atoms with Crippen molar-refractivity contribution in [1.82, 2.24) is 0 Å². The molecule has 0 amide bonds. The second kappa shape index (κ2) is 4.62. The predicted molar refractivity (Wildman–Crippen MR) is 56.7 cm³/mol. The summed E-state index contributed by atoms with van der Waals surface area (Å²) in [6.07, 6.45) is -2.50. The lowest BCUT2D eigenvalue weighted by molar-refractivity contribution is 0.163. The van der Waals surface area contributed by atoms with Crippen LogP contribution in [0.5, 0.6) is 0 Å². The van der Waals surface area contributed by atoms with Crippen LogP contribution in [0.4, 0.5) is 20.2 Å². The Morgan fingerprint density at radius 2 is 2.00 bits per heavy atom. The van der Waals surface area contributed by atoms with Gasteiger partial charge in [-0.3, -0.25) is 0 Å². The molecule has 5 N–H and O–H groups in total. The molecule has 1 aromatic rings. The van der Waals surface area contributed by atoms with Gasteiger partial charge in [0.15, 0.2) is 0 Å². The van der Waals surface area contributed by atoms with Crippen molar-refractivity contribution >= 4 is 21.4 Å². The van der Waals surface area contributed by atoms with E-state index < -0.39 is 23.0 Å². The maximum absolute atomic E-state index is 11.9. The summed E-state index contributed by atoms with van der Waals surface area (Å²) in [4.78, 5) is -0.227. The van der Waals surface area contributed by atoms with E-state index in [0.29, 0.717) is 5.69 Å². The van der Waals surface area contributed by atoms with Gasteiger partial charge in [-0.25, -0.2) is 22.3 Å². The third kappa shape index (κ3) is 3.31. The smallest absolute Gasteiger partial charge is 0.255 e. The zero-order chi connectivity index (χ0) is 12.3. The summed E-state index contributed by atoms with van der Waals surface area (Å²) in [7, 11) is -3.88. The molecule has 0 saturated heterocycles. The number of rotatable bonds is 4. The summed E-state index contributed by atoms with van der Waals surface area (Å²) < 4.78 is 45.7. The number of hydrogen-bond donors (Lipinski definition) is 3. The highest BCUT2D eigenvalue weighted by molar-refractivity contribution is 7.89. The summed E-state index contributed by atoms with van der Waals surface area (Å²) in [6, 6.07) is 3.72. The SMILES string of the molecule is Nc1cc(NCC(F)F)ccc1S(N)(=O)=O. The Kier molecular flexibility index (Phi) is 3.66. The number of nitrogens with two attached hydrogens (primary N) is 2. The van der Waals surface area contributed by atoms with Crippen molar-refractivity contribution < 1.29 is 17.2 Å². The number of alkyl halides is 2. The topological polar surface area (TPSA) is 98.2 Å². The van der Waals surface area contributed by atoms with E-state index in [0.717, 1.165) is 0 Å². The van der Waals surface area contributed by atoms with Crippen LogP contribution in [-0.2, 0) is 10.0 Å². The molecule has 0 heterocycles. The Labute approximate surface area is 91.5 Å². The van der Waals surface area contributed by atoms with E-state index in [1.54, 1.807) is 0 Å². The Bertz CT molecular complexity index is 476. The highest BCUT2D eigenvalue weighted by Crippen LogP contribution is 2.21. The van der Waals surface area contributed by atoms with Gasteiger partial charge in [-0.05, 0) is 18.2 Å². The number of benzene rings is 1. The van der Waals surface area contributed by atoms with Gasteiger partial charge < -0.3 is 11.1 Å². The van der Waals surface area contributed by atoms with Crippen LogP contribution in [0, 0.1) is 0 Å². The fraction of sp³-hybridized carbons (Fsp3) is 0.250. The average molecular weight is 251 g/mol. The zero-order valence-electron chi connectivity index (χ0n) is 8.15. The summed E-state index contributed by atoms with van der Waals surface area (Å²) in [5.41, 5.74) is 5.66. The number of sulfonamides is 1. The molecule has 0 aliphatic rings. The highest BCUT2D eigenvalue weighted by Gasteiger charge is 2.12. The Morgan fingerprint density at radius 3 is 2.44 bits per heavy atom. The summed E-state index contributed by atoms with van der Waals surface area (Å²) in [5, 5.41) is 7.28. The minimum absolute atomic E-state index is 0.0817. The Hall–Kier alpha value is -1.41. The van der Waals surface area contributed by atoms with Crippen molar-refractivity contribution in [3.8, 4) is 0 Å². The third-order valence-electron chi connectivity index (χ3n) is 1.78. The summed E-state index contributed by atoms with van der Waals surface area (Å²) in [5.74, 6) is 0. The maximum Gasteiger partial charge on any atom is 0.255 e. The van der Waals surface area contributed by atoms with Crippen LogP contribution in [0.15, 0.2) is 23.1 Å². The van der Waals surface area contributed by atoms with Gasteiger partial charge in [-0.15, -0.1) is 0 Å². The second-order valence-electron chi connectivity index (χ2n) is 3.07. The minimum Gasteiger partial charge on any atom is -0.398 e. The van der Waals surface area contributed by atoms with Crippen LogP contribution in [-0.4, -0.2) is 21.4 Å². The van der Waals surface area contributed by atoms with Gasteiger partial charge in [0.1, 0.15) is 4.90 Å². The van der Waals surface area contributed by atoms with Crippen molar-refractivity contribution in [2.75, 3.05) is 17.6 Å². The number of nitrogen functional groups attached to an aromatic ring is 1. The van der Waals surface area contributed by atoms with Gasteiger partial charge in [0.05, 0.1) is 12.2 Å². The number of halogens is 2. The standard InChI is InChI=1S/C8H11F2N3O2S/c9-8(10)4-13-5-1-2-7(6(11)3-5)16(12,14)15/h1-3,8,13H,4,11H2,(H2,12,14,15). The number of hydrogen-bond acceptors (Lipinski definition) is 4. The normalized spacial score (nSPS) is 11.8. The maximum atomic E-state index is 11.9. The quantitative estimate of drug-likeness (QED) is 0.682. The Morgan fingerprint density at radius 1 is 1.38 bits per heavy atom. The molecule has 90 valence electrons. The van der Waals surface area contributed by atoms with E-state index in [1.165, 1.54) is 18.2 Å². The van der Waals surface area contributed by atoms with Gasteiger partial charge >= 0.3 is 0 Å². The van der Waals surface area contributed by atoms with Crippen LogP contribution >= 0.6 is 0 Å². The van der Waals surface area contributed by atoms with E-state index in [1.807, 2.05) is 0 Å². The molecule has 16 heavy (non-hydrogen) atoms. The lowest BCUT2D eigenvalue weighted by Crippen LogP contribution is -2.15. The number of primary sulfonamides is 1. The van der Waals surface area contributed by atoms with Crippen LogP contribution in [0.3, 0.4) is 0 Å². The summed E-state index contributed by atoms with van der Waals surface area (Å²) >= 11 is 0. The van der Waals surface area contributed by atoms with Crippen LogP contribution in [0.25, 0.3) is 0 Å². The molecule has 5 nitrogen and oxygen atoms in total. The third-order valence-corrected chi connectivity index (χ3v) is 2.76. The van der Waals surface area contributed by atoms with Crippen molar-refractivity contribution in [1.29, 1.82) is 0 Å². The first-order valence-corrected chi connectivity index (χ1v) is 5.79. The van der Waals surface area contributed by atoms with Gasteiger partial charge in [0, 0.05) is 5.69 Å². The zero-order valence-corrected chi connectivity index (χ0v) is 8.97. The molecule has 8 heteroatoms. The van der Waals surface area contributed by atoms with E-state index >= 15 is 0 Å². The van der Waals surface area contributed by atoms with Gasteiger partial charge in [-0.1, -0.05) is 0 Å². The molecule has 0 aliphatic carbocycles. The van der Waals surface area contributed by atoms with Crippen molar-refractivity contribution in [2.24, 2.45) is 5.14 Å². The highest BCUT2D eigenvalue weighted by atomic mass is 32.2. The van der Waals surface area contributed by atoms with Crippen molar-refractivity contribution in [3.63, 3.8) is 0 Å². The lowest BCUT2D eigenvalue weighted by atomic mass is 10.3. The molecule has 1 aromatic carbocycles. The molecule has 0 atom stereocenters. The molecule has 0 fully saturated rings. The first-order valence-electron chi connectivity index (χ1n) is 4.25. The monoisotopic (exact) mass is 251 g/mol. The molecule has 1 rings (SSSR count). The lowest BCUT2D eigenvalue weighted by Gasteiger charge is -2.08. The van der Waals surface area contributed by atoms with Crippen molar-refractivity contribution in [3.05, 3.63) is 18.2 Å². The summed E-state index contributed by atoms with van der Waals surface area (Å²) in [6.45, 7) is -0.534. The molecule has 0 aliphatic heterocycles. The fourth-order valence-corrected chi connectivity index (χ4v) is 1.76. The molecule has 0 bridgehead atoms. The van der Waals surface area contributed by atoms with Gasteiger partial charge in [-0.2, -0.15) is 0 Å².